The standard InChI is InChI=1S/C9H17N5O/c1-2-3-4-7(5-10)12-9(15)8-6-11-14-13-8/h6-7H,2-5,10H2,1H3,(H,12,15)(H,11,13,14). The molecule has 84 valence electrons. The topological polar surface area (TPSA) is 96.7 Å². The molecule has 0 saturated heterocycles. The van der Waals surface area contributed by atoms with Crippen molar-refractivity contribution in [3.05, 3.63) is 11.9 Å². The van der Waals surface area contributed by atoms with Gasteiger partial charge in [0.15, 0.2) is 5.69 Å². The number of nitrogens with zero attached hydrogens (tertiary/aromatic N) is 2. The van der Waals surface area contributed by atoms with E-state index in [1.165, 1.54) is 6.20 Å². The van der Waals surface area contributed by atoms with Gasteiger partial charge in [-0.05, 0) is 6.42 Å². The van der Waals surface area contributed by atoms with E-state index in [4.69, 9.17) is 5.73 Å². The van der Waals surface area contributed by atoms with Crippen LogP contribution in [0.1, 0.15) is 36.7 Å². The number of rotatable bonds is 6. The number of carbonyl (C=O) groups excluding carboxylic acids is 1. The van der Waals surface area contributed by atoms with Crippen LogP contribution in [0.4, 0.5) is 0 Å². The van der Waals surface area contributed by atoms with Crippen molar-refractivity contribution in [3.8, 4) is 0 Å². The monoisotopic (exact) mass is 211 g/mol. The van der Waals surface area contributed by atoms with Gasteiger partial charge < -0.3 is 11.1 Å². The third kappa shape index (κ3) is 3.67. The van der Waals surface area contributed by atoms with Crippen LogP contribution in [0.5, 0.6) is 0 Å². The molecule has 0 aliphatic carbocycles. The van der Waals surface area contributed by atoms with E-state index < -0.39 is 0 Å². The Morgan fingerprint density at radius 2 is 2.53 bits per heavy atom. The Balaban J connectivity index is 2.41. The van der Waals surface area contributed by atoms with Crippen molar-refractivity contribution in [2.24, 2.45) is 5.73 Å². The van der Waals surface area contributed by atoms with Crippen LogP contribution in [0.25, 0.3) is 0 Å². The molecule has 1 unspecified atom stereocenters. The molecule has 0 spiro atoms. The maximum atomic E-state index is 11.5. The first-order valence-electron chi connectivity index (χ1n) is 5.14. The van der Waals surface area contributed by atoms with Crippen LogP contribution in [0.3, 0.4) is 0 Å². The molecule has 6 heteroatoms. The van der Waals surface area contributed by atoms with Gasteiger partial charge in [0.1, 0.15) is 0 Å². The fourth-order valence-electron chi connectivity index (χ4n) is 1.27. The van der Waals surface area contributed by atoms with Gasteiger partial charge in [-0.25, -0.2) is 0 Å². The van der Waals surface area contributed by atoms with Gasteiger partial charge in [0.05, 0.1) is 6.20 Å². The molecule has 1 atom stereocenters. The van der Waals surface area contributed by atoms with E-state index in [0.29, 0.717) is 12.2 Å². The van der Waals surface area contributed by atoms with Crippen LogP contribution >= 0.6 is 0 Å². The summed E-state index contributed by atoms with van der Waals surface area (Å²) in [5.41, 5.74) is 5.85. The Hall–Kier alpha value is -1.43. The molecule has 0 radical (unpaired) electrons. The highest BCUT2D eigenvalue weighted by molar-refractivity contribution is 5.91. The van der Waals surface area contributed by atoms with E-state index in [2.05, 4.69) is 27.7 Å². The van der Waals surface area contributed by atoms with Gasteiger partial charge in [0, 0.05) is 12.6 Å². The van der Waals surface area contributed by atoms with E-state index in [-0.39, 0.29) is 11.9 Å². The second-order valence-electron chi connectivity index (χ2n) is 3.40. The summed E-state index contributed by atoms with van der Waals surface area (Å²) in [7, 11) is 0. The Morgan fingerprint density at radius 1 is 1.73 bits per heavy atom. The minimum atomic E-state index is -0.227. The highest BCUT2D eigenvalue weighted by Crippen LogP contribution is 2.00. The molecule has 0 saturated carbocycles. The Kier molecular flexibility index (Phi) is 4.76. The van der Waals surface area contributed by atoms with Crippen molar-refractivity contribution >= 4 is 5.91 Å². The minimum Gasteiger partial charge on any atom is -0.347 e. The molecule has 1 aromatic rings. The van der Waals surface area contributed by atoms with Gasteiger partial charge >= 0.3 is 0 Å². The molecule has 0 bridgehead atoms. The number of aromatic nitrogens is 3. The molecule has 0 aliphatic rings. The fourth-order valence-corrected chi connectivity index (χ4v) is 1.27. The van der Waals surface area contributed by atoms with Gasteiger partial charge in [-0.3, -0.25) is 4.79 Å². The van der Waals surface area contributed by atoms with Crippen molar-refractivity contribution in [3.63, 3.8) is 0 Å². The molecule has 0 aromatic carbocycles. The molecule has 4 N–H and O–H groups in total. The van der Waals surface area contributed by atoms with E-state index >= 15 is 0 Å². The number of H-pyrrole nitrogens is 1. The minimum absolute atomic E-state index is 0.0224. The van der Waals surface area contributed by atoms with Gasteiger partial charge in [0.25, 0.3) is 5.91 Å². The molecule has 1 heterocycles. The summed E-state index contributed by atoms with van der Waals surface area (Å²) in [4.78, 5) is 11.5. The van der Waals surface area contributed by atoms with E-state index in [9.17, 15) is 4.79 Å². The molecular formula is C9H17N5O. The van der Waals surface area contributed by atoms with Crippen LogP contribution < -0.4 is 11.1 Å². The predicted molar refractivity (Wildman–Crippen MR) is 56.2 cm³/mol. The smallest absolute Gasteiger partial charge is 0.273 e. The lowest BCUT2D eigenvalue weighted by atomic mass is 10.1. The number of aromatic amines is 1. The Morgan fingerprint density at radius 3 is 3.07 bits per heavy atom. The van der Waals surface area contributed by atoms with Gasteiger partial charge in [0.2, 0.25) is 0 Å². The van der Waals surface area contributed by atoms with Gasteiger partial charge in [-0.1, -0.05) is 19.8 Å². The lowest BCUT2D eigenvalue weighted by molar-refractivity contribution is 0.0930. The summed E-state index contributed by atoms with van der Waals surface area (Å²) < 4.78 is 0. The maximum absolute atomic E-state index is 11.5. The van der Waals surface area contributed by atoms with Gasteiger partial charge in [-0.15, -0.1) is 0 Å². The second kappa shape index (κ2) is 6.13. The van der Waals surface area contributed by atoms with Gasteiger partial charge in [-0.2, -0.15) is 15.4 Å². The zero-order valence-electron chi connectivity index (χ0n) is 8.86. The Bertz CT molecular complexity index is 285. The second-order valence-corrected chi connectivity index (χ2v) is 3.40. The molecule has 6 nitrogen and oxygen atoms in total. The number of unbranched alkanes of at least 4 members (excludes halogenated alkanes) is 1. The summed E-state index contributed by atoms with van der Waals surface area (Å²) >= 11 is 0. The quantitative estimate of drug-likeness (QED) is 0.619. The van der Waals surface area contributed by atoms with Crippen molar-refractivity contribution in [1.82, 2.24) is 20.7 Å². The lowest BCUT2D eigenvalue weighted by Crippen LogP contribution is -2.40. The molecule has 1 amide bonds. The van der Waals surface area contributed by atoms with Crippen molar-refractivity contribution in [2.45, 2.75) is 32.2 Å². The summed E-state index contributed by atoms with van der Waals surface area (Å²) in [5, 5.41) is 12.5. The molecule has 1 aromatic heterocycles. The first-order chi connectivity index (χ1) is 7.27. The van der Waals surface area contributed by atoms with Crippen molar-refractivity contribution in [2.75, 3.05) is 6.54 Å². The lowest BCUT2D eigenvalue weighted by Gasteiger charge is -2.15. The molecular weight excluding hydrogens is 194 g/mol. The molecule has 0 fully saturated rings. The molecule has 15 heavy (non-hydrogen) atoms. The Labute approximate surface area is 88.6 Å². The summed E-state index contributed by atoms with van der Waals surface area (Å²) in [6.45, 7) is 2.55. The van der Waals surface area contributed by atoms with Crippen LogP contribution in [0.2, 0.25) is 0 Å². The SMILES string of the molecule is CCCCC(CN)NC(=O)c1cn[nH]n1. The molecule has 1 rings (SSSR count). The average molecular weight is 211 g/mol. The van der Waals surface area contributed by atoms with E-state index in [1.807, 2.05) is 0 Å². The summed E-state index contributed by atoms with van der Waals surface area (Å²) in [6, 6.07) is 0.0224. The first kappa shape index (κ1) is 11.6. The number of carbonyl (C=O) groups is 1. The third-order valence-electron chi connectivity index (χ3n) is 2.17. The highest BCUT2D eigenvalue weighted by atomic mass is 16.2. The highest BCUT2D eigenvalue weighted by Gasteiger charge is 2.13. The number of amides is 1. The van der Waals surface area contributed by atoms with E-state index in [1.54, 1.807) is 0 Å². The summed E-state index contributed by atoms with van der Waals surface area (Å²) in [6.07, 6.45) is 4.44. The van der Waals surface area contributed by atoms with Crippen LogP contribution in [0.15, 0.2) is 6.20 Å². The van der Waals surface area contributed by atoms with Crippen LogP contribution in [-0.2, 0) is 0 Å². The van der Waals surface area contributed by atoms with Crippen LogP contribution in [0, 0.1) is 0 Å². The largest absolute Gasteiger partial charge is 0.347 e. The predicted octanol–water partition coefficient (Wildman–Crippen LogP) is 0.0520. The van der Waals surface area contributed by atoms with Crippen molar-refractivity contribution < 1.29 is 4.79 Å². The maximum Gasteiger partial charge on any atom is 0.273 e. The van der Waals surface area contributed by atoms with Crippen molar-refractivity contribution in [1.29, 1.82) is 0 Å². The summed E-state index contributed by atoms with van der Waals surface area (Å²) in [5.74, 6) is -0.227. The first-order valence-corrected chi connectivity index (χ1v) is 5.14. The normalized spacial score (nSPS) is 12.4. The zero-order valence-corrected chi connectivity index (χ0v) is 8.86. The average Bonchev–Trinajstić information content (AvgIpc) is 2.77. The number of nitrogens with two attached hydrogens (primary N) is 1. The number of hydrogen-bond acceptors (Lipinski definition) is 4. The third-order valence-corrected chi connectivity index (χ3v) is 2.17. The number of nitrogens with one attached hydrogen (secondary N) is 2. The zero-order chi connectivity index (χ0) is 11.1. The van der Waals surface area contributed by atoms with E-state index in [0.717, 1.165) is 19.3 Å². The fraction of sp³-hybridized carbons (Fsp3) is 0.667. The number of hydrogen-bond donors (Lipinski definition) is 3. The molecule has 0 aliphatic heterocycles. The van der Waals surface area contributed by atoms with Crippen LogP contribution in [-0.4, -0.2) is 33.9 Å².